The van der Waals surface area contributed by atoms with E-state index in [1.54, 1.807) is 0 Å². The summed E-state index contributed by atoms with van der Waals surface area (Å²) < 4.78 is 0. The Labute approximate surface area is 119 Å². The van der Waals surface area contributed by atoms with Crippen LogP contribution in [0.1, 0.15) is 31.2 Å². The van der Waals surface area contributed by atoms with E-state index in [-0.39, 0.29) is 18.7 Å². The Bertz CT molecular complexity index is 420. The van der Waals surface area contributed by atoms with Crippen molar-refractivity contribution in [2.45, 2.75) is 38.1 Å². The van der Waals surface area contributed by atoms with E-state index in [9.17, 15) is 9.59 Å². The highest BCUT2D eigenvalue weighted by Crippen LogP contribution is 2.04. The number of nitrogens with one attached hydrogen (secondary N) is 1. The Balaban J connectivity index is 2.03. The second-order valence-electron chi connectivity index (χ2n) is 4.78. The summed E-state index contributed by atoms with van der Waals surface area (Å²) in [7, 11) is 0. The number of amides is 1. The summed E-state index contributed by atoms with van der Waals surface area (Å²) in [4.78, 5) is 21.9. The first-order valence-corrected chi connectivity index (χ1v) is 6.88. The second-order valence-corrected chi connectivity index (χ2v) is 4.78. The van der Waals surface area contributed by atoms with Gasteiger partial charge < -0.3 is 16.2 Å². The lowest BCUT2D eigenvalue weighted by Gasteiger charge is -2.07. The summed E-state index contributed by atoms with van der Waals surface area (Å²) in [5.41, 5.74) is 6.62. The average Bonchev–Trinajstić information content (AvgIpc) is 2.45. The molecule has 5 nitrogen and oxygen atoms in total. The fourth-order valence-electron chi connectivity index (χ4n) is 1.83. The lowest BCUT2D eigenvalue weighted by atomic mass is 10.1. The lowest BCUT2D eigenvalue weighted by Crippen LogP contribution is -2.32. The fourth-order valence-corrected chi connectivity index (χ4v) is 1.83. The van der Waals surface area contributed by atoms with Crippen LogP contribution >= 0.6 is 0 Å². The molecule has 0 aliphatic carbocycles. The number of rotatable bonds is 9. The van der Waals surface area contributed by atoms with Gasteiger partial charge in [0.25, 0.3) is 0 Å². The van der Waals surface area contributed by atoms with Crippen LogP contribution in [-0.4, -0.2) is 29.6 Å². The van der Waals surface area contributed by atoms with E-state index in [1.165, 1.54) is 5.56 Å². The first-order chi connectivity index (χ1) is 9.59. The van der Waals surface area contributed by atoms with Crippen LogP contribution in [0, 0.1) is 0 Å². The van der Waals surface area contributed by atoms with Crippen molar-refractivity contribution in [3.05, 3.63) is 35.9 Å². The third kappa shape index (κ3) is 6.89. The molecule has 1 rings (SSSR count). The number of unbranched alkanes of at least 4 members (excludes halogenated alkanes) is 1. The Hall–Kier alpha value is -1.88. The van der Waals surface area contributed by atoms with Crippen molar-refractivity contribution >= 4 is 11.9 Å². The Morgan fingerprint density at radius 3 is 2.55 bits per heavy atom. The molecule has 0 unspecified atom stereocenters. The van der Waals surface area contributed by atoms with Crippen molar-refractivity contribution in [3.63, 3.8) is 0 Å². The zero-order chi connectivity index (χ0) is 14.8. The molecular weight excluding hydrogens is 256 g/mol. The molecule has 0 saturated heterocycles. The zero-order valence-corrected chi connectivity index (χ0v) is 11.5. The summed E-state index contributed by atoms with van der Waals surface area (Å²) in [5, 5.41) is 11.4. The molecule has 1 amide bonds. The number of carboxylic acids is 1. The minimum Gasteiger partial charge on any atom is -0.480 e. The third-order valence-electron chi connectivity index (χ3n) is 3.06. The molecule has 0 aliphatic heterocycles. The average molecular weight is 278 g/mol. The largest absolute Gasteiger partial charge is 0.480 e. The van der Waals surface area contributed by atoms with Gasteiger partial charge in [-0.2, -0.15) is 0 Å². The van der Waals surface area contributed by atoms with Crippen LogP contribution < -0.4 is 11.1 Å². The summed E-state index contributed by atoms with van der Waals surface area (Å²) in [6.45, 7) is 0.619. The smallest absolute Gasteiger partial charge is 0.320 e. The Morgan fingerprint density at radius 1 is 1.20 bits per heavy atom. The number of nitrogens with two attached hydrogens (primary N) is 1. The molecule has 5 heteroatoms. The van der Waals surface area contributed by atoms with E-state index in [0.29, 0.717) is 6.54 Å². The van der Waals surface area contributed by atoms with Crippen LogP contribution in [0.3, 0.4) is 0 Å². The summed E-state index contributed by atoms with van der Waals surface area (Å²) in [6.07, 6.45) is 3.25. The van der Waals surface area contributed by atoms with Gasteiger partial charge in [-0.1, -0.05) is 30.3 Å². The molecule has 1 aromatic rings. The van der Waals surface area contributed by atoms with Crippen molar-refractivity contribution in [3.8, 4) is 0 Å². The first-order valence-electron chi connectivity index (χ1n) is 6.88. The zero-order valence-electron chi connectivity index (χ0n) is 11.5. The molecule has 110 valence electrons. The van der Waals surface area contributed by atoms with Crippen LogP contribution in [0.5, 0.6) is 0 Å². The summed E-state index contributed by atoms with van der Waals surface area (Å²) >= 11 is 0. The maximum atomic E-state index is 11.4. The SMILES string of the molecule is N[C@@H](CCC(=O)NCCCCc1ccccc1)C(=O)O. The number of hydrogen-bond donors (Lipinski definition) is 3. The molecule has 20 heavy (non-hydrogen) atoms. The fraction of sp³-hybridized carbons (Fsp3) is 0.467. The van der Waals surface area contributed by atoms with Crippen molar-refractivity contribution in [2.24, 2.45) is 5.73 Å². The van der Waals surface area contributed by atoms with Gasteiger partial charge in [0.1, 0.15) is 6.04 Å². The van der Waals surface area contributed by atoms with Crippen molar-refractivity contribution in [1.29, 1.82) is 0 Å². The minimum atomic E-state index is -1.07. The van der Waals surface area contributed by atoms with Gasteiger partial charge in [0.2, 0.25) is 5.91 Å². The highest BCUT2D eigenvalue weighted by atomic mass is 16.4. The number of benzene rings is 1. The van der Waals surface area contributed by atoms with E-state index in [2.05, 4.69) is 17.4 Å². The van der Waals surface area contributed by atoms with Gasteiger partial charge in [-0.3, -0.25) is 9.59 Å². The molecule has 0 radical (unpaired) electrons. The minimum absolute atomic E-state index is 0.138. The Kier molecular flexibility index (Phi) is 7.35. The number of carbonyl (C=O) groups is 2. The molecule has 1 atom stereocenters. The monoisotopic (exact) mass is 278 g/mol. The van der Waals surface area contributed by atoms with Gasteiger partial charge in [-0.05, 0) is 31.2 Å². The molecule has 0 heterocycles. The third-order valence-corrected chi connectivity index (χ3v) is 3.06. The maximum Gasteiger partial charge on any atom is 0.320 e. The van der Waals surface area contributed by atoms with Gasteiger partial charge in [-0.25, -0.2) is 0 Å². The number of carbonyl (C=O) groups excluding carboxylic acids is 1. The van der Waals surface area contributed by atoms with Crippen LogP contribution in [0.15, 0.2) is 30.3 Å². The van der Waals surface area contributed by atoms with Crippen LogP contribution in [-0.2, 0) is 16.0 Å². The molecule has 1 aromatic carbocycles. The van der Waals surface area contributed by atoms with Crippen LogP contribution in [0.4, 0.5) is 0 Å². The predicted octanol–water partition coefficient (Wildman–Crippen LogP) is 1.32. The van der Waals surface area contributed by atoms with E-state index < -0.39 is 12.0 Å². The number of aryl methyl sites for hydroxylation is 1. The van der Waals surface area contributed by atoms with Crippen molar-refractivity contribution in [1.82, 2.24) is 5.32 Å². The highest BCUT2D eigenvalue weighted by molar-refractivity contribution is 5.78. The summed E-state index contributed by atoms with van der Waals surface area (Å²) in [6, 6.07) is 9.24. The van der Waals surface area contributed by atoms with Crippen LogP contribution in [0.25, 0.3) is 0 Å². The van der Waals surface area contributed by atoms with Crippen molar-refractivity contribution < 1.29 is 14.7 Å². The van der Waals surface area contributed by atoms with E-state index in [4.69, 9.17) is 10.8 Å². The first kappa shape index (κ1) is 16.2. The molecule has 4 N–H and O–H groups in total. The normalized spacial score (nSPS) is 11.8. The molecule has 0 aromatic heterocycles. The van der Waals surface area contributed by atoms with Gasteiger partial charge in [0.05, 0.1) is 0 Å². The van der Waals surface area contributed by atoms with E-state index in [0.717, 1.165) is 19.3 Å². The van der Waals surface area contributed by atoms with E-state index >= 15 is 0 Å². The Morgan fingerprint density at radius 2 is 1.90 bits per heavy atom. The molecule has 0 spiro atoms. The van der Waals surface area contributed by atoms with Gasteiger partial charge in [0, 0.05) is 13.0 Å². The molecule has 0 fully saturated rings. The van der Waals surface area contributed by atoms with Gasteiger partial charge >= 0.3 is 5.97 Å². The second kappa shape index (κ2) is 9.09. The highest BCUT2D eigenvalue weighted by Gasteiger charge is 2.12. The number of carboxylic acid groups (broad SMARTS) is 1. The number of hydrogen-bond acceptors (Lipinski definition) is 3. The molecular formula is C15H22N2O3. The lowest BCUT2D eigenvalue weighted by molar-refractivity contribution is -0.138. The standard InChI is InChI=1S/C15H22N2O3/c16-13(15(19)20)9-10-14(18)17-11-5-4-8-12-6-2-1-3-7-12/h1-3,6-7,13H,4-5,8-11,16H2,(H,17,18)(H,19,20)/t13-/m0/s1. The van der Waals surface area contributed by atoms with Crippen LogP contribution in [0.2, 0.25) is 0 Å². The predicted molar refractivity (Wildman–Crippen MR) is 77.2 cm³/mol. The van der Waals surface area contributed by atoms with Gasteiger partial charge in [-0.15, -0.1) is 0 Å². The molecule has 0 saturated carbocycles. The topological polar surface area (TPSA) is 92.4 Å². The quantitative estimate of drug-likeness (QED) is 0.594. The number of aliphatic carboxylic acids is 1. The van der Waals surface area contributed by atoms with Gasteiger partial charge in [0.15, 0.2) is 0 Å². The maximum absolute atomic E-state index is 11.4. The van der Waals surface area contributed by atoms with E-state index in [1.807, 2.05) is 18.2 Å². The van der Waals surface area contributed by atoms with Crippen molar-refractivity contribution in [2.75, 3.05) is 6.54 Å². The molecule has 0 aliphatic rings. The summed E-state index contributed by atoms with van der Waals surface area (Å²) in [5.74, 6) is -1.21. The molecule has 0 bridgehead atoms.